The Morgan fingerprint density at radius 3 is 2.20 bits per heavy atom. The Morgan fingerprint density at radius 1 is 1.25 bits per heavy atom. The molecule has 1 aromatic rings. The highest BCUT2D eigenvalue weighted by Gasteiger charge is 2.19. The molecule has 0 aliphatic heterocycles. The zero-order chi connectivity index (χ0) is 15.2. The third kappa shape index (κ3) is 4.88. The molecule has 0 atom stereocenters. The average molecular weight is 318 g/mol. The summed E-state index contributed by atoms with van der Waals surface area (Å²) in [5.41, 5.74) is 0.409. The standard InChI is InChI=1S/C13H22N2O3S2/c1-3-5-7-15(8-6-4-2)13(16)11-9-12(19-10-11)20(14,17)18/h9-10H,3-8H2,1-2H3,(H2,14,17,18). The van der Waals surface area contributed by atoms with Gasteiger partial charge in [0.15, 0.2) is 0 Å². The monoisotopic (exact) mass is 318 g/mol. The van der Waals surface area contributed by atoms with Gasteiger partial charge in [0.2, 0.25) is 10.0 Å². The molecular weight excluding hydrogens is 296 g/mol. The fraction of sp³-hybridized carbons (Fsp3) is 0.615. The van der Waals surface area contributed by atoms with E-state index in [4.69, 9.17) is 5.14 Å². The quantitative estimate of drug-likeness (QED) is 0.799. The van der Waals surface area contributed by atoms with Crippen LogP contribution in [-0.2, 0) is 10.0 Å². The lowest BCUT2D eigenvalue weighted by atomic mass is 10.2. The summed E-state index contributed by atoms with van der Waals surface area (Å²) in [6.07, 6.45) is 3.92. The van der Waals surface area contributed by atoms with Crippen molar-refractivity contribution in [2.45, 2.75) is 43.7 Å². The fourth-order valence-electron chi connectivity index (χ4n) is 1.77. The van der Waals surface area contributed by atoms with Gasteiger partial charge in [0.25, 0.3) is 5.91 Å². The van der Waals surface area contributed by atoms with Crippen LogP contribution in [0.25, 0.3) is 0 Å². The van der Waals surface area contributed by atoms with Crippen molar-refractivity contribution in [3.05, 3.63) is 17.0 Å². The molecule has 0 aliphatic rings. The molecule has 0 fully saturated rings. The summed E-state index contributed by atoms with van der Waals surface area (Å²) in [7, 11) is -3.73. The Morgan fingerprint density at radius 2 is 1.80 bits per heavy atom. The molecule has 1 heterocycles. The number of amides is 1. The van der Waals surface area contributed by atoms with E-state index in [-0.39, 0.29) is 10.1 Å². The third-order valence-electron chi connectivity index (χ3n) is 2.95. The SMILES string of the molecule is CCCCN(CCCC)C(=O)c1csc(S(N)(=O)=O)c1. The summed E-state index contributed by atoms with van der Waals surface area (Å²) in [4.78, 5) is 14.2. The lowest BCUT2D eigenvalue weighted by Crippen LogP contribution is -2.32. The van der Waals surface area contributed by atoms with E-state index in [0.717, 1.165) is 37.0 Å². The molecular formula is C13H22N2O3S2. The largest absolute Gasteiger partial charge is 0.339 e. The minimum Gasteiger partial charge on any atom is -0.339 e. The number of nitrogens with zero attached hydrogens (tertiary/aromatic N) is 1. The number of thiophene rings is 1. The highest BCUT2D eigenvalue weighted by atomic mass is 32.2. The van der Waals surface area contributed by atoms with Gasteiger partial charge < -0.3 is 4.90 Å². The molecule has 0 aliphatic carbocycles. The van der Waals surface area contributed by atoms with E-state index in [1.165, 1.54) is 6.07 Å². The second-order valence-electron chi connectivity index (χ2n) is 4.70. The molecule has 1 rings (SSSR count). The number of carbonyl (C=O) groups excluding carboxylic acids is 1. The van der Waals surface area contributed by atoms with Crippen molar-refractivity contribution in [1.29, 1.82) is 0 Å². The second-order valence-corrected chi connectivity index (χ2v) is 7.40. The van der Waals surface area contributed by atoms with E-state index in [1.54, 1.807) is 10.3 Å². The molecule has 114 valence electrons. The normalized spacial score (nSPS) is 11.6. The predicted molar refractivity (Wildman–Crippen MR) is 81.4 cm³/mol. The van der Waals surface area contributed by atoms with Crippen LogP contribution in [0.1, 0.15) is 49.9 Å². The van der Waals surface area contributed by atoms with Crippen LogP contribution >= 0.6 is 11.3 Å². The molecule has 1 amide bonds. The molecule has 0 saturated carbocycles. The van der Waals surface area contributed by atoms with Crippen molar-refractivity contribution >= 4 is 27.3 Å². The zero-order valence-corrected chi connectivity index (χ0v) is 13.6. The summed E-state index contributed by atoms with van der Waals surface area (Å²) < 4.78 is 22.5. The van der Waals surface area contributed by atoms with Gasteiger partial charge in [0.05, 0.1) is 5.56 Å². The van der Waals surface area contributed by atoms with Gasteiger partial charge in [-0.2, -0.15) is 0 Å². The van der Waals surface area contributed by atoms with Crippen molar-refractivity contribution in [3.63, 3.8) is 0 Å². The first-order valence-corrected chi connectivity index (χ1v) is 9.23. The van der Waals surface area contributed by atoms with Gasteiger partial charge in [0, 0.05) is 18.5 Å². The number of primary sulfonamides is 1. The van der Waals surface area contributed by atoms with Crippen LogP contribution in [0.4, 0.5) is 0 Å². The Hall–Kier alpha value is -0.920. The van der Waals surface area contributed by atoms with Crippen LogP contribution in [0, 0.1) is 0 Å². The molecule has 0 aromatic carbocycles. The number of carbonyl (C=O) groups is 1. The average Bonchev–Trinajstić information content (AvgIpc) is 2.87. The van der Waals surface area contributed by atoms with Crippen molar-refractivity contribution in [1.82, 2.24) is 4.90 Å². The number of hydrogen-bond donors (Lipinski definition) is 1. The van der Waals surface area contributed by atoms with E-state index in [9.17, 15) is 13.2 Å². The molecule has 7 heteroatoms. The molecule has 0 bridgehead atoms. The molecule has 0 radical (unpaired) electrons. The highest BCUT2D eigenvalue weighted by molar-refractivity contribution is 7.91. The summed E-state index contributed by atoms with van der Waals surface area (Å²) in [6, 6.07) is 1.37. The molecule has 5 nitrogen and oxygen atoms in total. The van der Waals surface area contributed by atoms with Crippen LogP contribution in [0.2, 0.25) is 0 Å². The van der Waals surface area contributed by atoms with Crippen LogP contribution < -0.4 is 5.14 Å². The lowest BCUT2D eigenvalue weighted by Gasteiger charge is -2.21. The van der Waals surface area contributed by atoms with Gasteiger partial charge in [0.1, 0.15) is 4.21 Å². The minimum absolute atomic E-state index is 0.0341. The van der Waals surface area contributed by atoms with E-state index in [0.29, 0.717) is 18.7 Å². The van der Waals surface area contributed by atoms with Gasteiger partial charge in [-0.1, -0.05) is 26.7 Å². The minimum atomic E-state index is -3.73. The molecule has 20 heavy (non-hydrogen) atoms. The molecule has 0 spiro atoms. The van der Waals surface area contributed by atoms with Crippen molar-refractivity contribution < 1.29 is 13.2 Å². The summed E-state index contributed by atoms with van der Waals surface area (Å²) in [5, 5.41) is 6.63. The van der Waals surface area contributed by atoms with E-state index < -0.39 is 10.0 Å². The van der Waals surface area contributed by atoms with Gasteiger partial charge in [-0.3, -0.25) is 4.79 Å². The molecule has 1 aromatic heterocycles. The van der Waals surface area contributed by atoms with Gasteiger partial charge in [-0.15, -0.1) is 11.3 Å². The summed E-state index contributed by atoms with van der Waals surface area (Å²) >= 11 is 0.989. The Labute approximate surface area is 124 Å². The topological polar surface area (TPSA) is 80.5 Å². The maximum atomic E-state index is 12.4. The fourth-order valence-corrected chi connectivity index (χ4v) is 3.35. The molecule has 0 unspecified atom stereocenters. The van der Waals surface area contributed by atoms with Gasteiger partial charge in [-0.25, -0.2) is 13.6 Å². The molecule has 2 N–H and O–H groups in total. The lowest BCUT2D eigenvalue weighted by molar-refractivity contribution is 0.0751. The maximum absolute atomic E-state index is 12.4. The van der Waals surface area contributed by atoms with Crippen molar-refractivity contribution in [2.24, 2.45) is 5.14 Å². The number of unbranched alkanes of at least 4 members (excludes halogenated alkanes) is 2. The number of nitrogens with two attached hydrogens (primary N) is 1. The molecule has 0 saturated heterocycles. The summed E-state index contributed by atoms with van der Waals surface area (Å²) in [5.74, 6) is -0.113. The Bertz CT molecular complexity index is 530. The first-order chi connectivity index (χ1) is 9.40. The van der Waals surface area contributed by atoms with Crippen molar-refractivity contribution in [3.8, 4) is 0 Å². The first kappa shape index (κ1) is 17.1. The predicted octanol–water partition coefficient (Wildman–Crippen LogP) is 2.44. The smallest absolute Gasteiger partial charge is 0.254 e. The van der Waals surface area contributed by atoms with E-state index >= 15 is 0 Å². The van der Waals surface area contributed by atoms with Crippen LogP contribution in [0.3, 0.4) is 0 Å². The van der Waals surface area contributed by atoms with E-state index in [1.807, 2.05) is 0 Å². The number of rotatable bonds is 8. The first-order valence-electron chi connectivity index (χ1n) is 6.80. The van der Waals surface area contributed by atoms with Crippen molar-refractivity contribution in [2.75, 3.05) is 13.1 Å². The Balaban J connectivity index is 2.85. The van der Waals surface area contributed by atoms with Crippen LogP contribution in [0.5, 0.6) is 0 Å². The summed E-state index contributed by atoms with van der Waals surface area (Å²) in [6.45, 7) is 5.56. The zero-order valence-electron chi connectivity index (χ0n) is 12.0. The second kappa shape index (κ2) is 7.75. The van der Waals surface area contributed by atoms with E-state index in [2.05, 4.69) is 13.8 Å². The third-order valence-corrected chi connectivity index (χ3v) is 5.34. The van der Waals surface area contributed by atoms with Gasteiger partial charge >= 0.3 is 0 Å². The van der Waals surface area contributed by atoms with Crippen LogP contribution in [-0.4, -0.2) is 32.3 Å². The maximum Gasteiger partial charge on any atom is 0.254 e. The number of sulfonamides is 1. The van der Waals surface area contributed by atoms with Crippen LogP contribution in [0.15, 0.2) is 15.7 Å². The Kier molecular flexibility index (Phi) is 6.64. The van der Waals surface area contributed by atoms with Gasteiger partial charge in [-0.05, 0) is 18.9 Å². The number of hydrogen-bond acceptors (Lipinski definition) is 4. The highest BCUT2D eigenvalue weighted by Crippen LogP contribution is 2.20.